The van der Waals surface area contributed by atoms with Crippen molar-refractivity contribution in [2.24, 2.45) is 14.1 Å². The van der Waals surface area contributed by atoms with Crippen LogP contribution < -0.4 is 0 Å². The summed E-state index contributed by atoms with van der Waals surface area (Å²) in [5.41, 5.74) is 6.57. The third-order valence-corrected chi connectivity index (χ3v) is 3.89. The highest BCUT2D eigenvalue weighted by Gasteiger charge is 2.26. The van der Waals surface area contributed by atoms with Crippen molar-refractivity contribution in [1.82, 2.24) is 19.6 Å². The molecule has 0 spiro atoms. The molecule has 0 aliphatic carbocycles. The topological polar surface area (TPSA) is 44.9 Å². The van der Waals surface area contributed by atoms with Crippen molar-refractivity contribution >= 4 is 0 Å². The van der Waals surface area contributed by atoms with Crippen molar-refractivity contribution in [3.8, 4) is 0 Å². The highest BCUT2D eigenvalue weighted by Crippen LogP contribution is 2.33. The number of ether oxygens (including phenoxy) is 1. The van der Waals surface area contributed by atoms with Crippen LogP contribution in [-0.4, -0.2) is 26.7 Å². The van der Waals surface area contributed by atoms with E-state index in [0.717, 1.165) is 33.9 Å². The van der Waals surface area contributed by atoms with Crippen LogP contribution in [0.3, 0.4) is 0 Å². The van der Waals surface area contributed by atoms with E-state index in [4.69, 9.17) is 4.74 Å². The first-order valence-electron chi connectivity index (χ1n) is 6.41. The maximum atomic E-state index is 5.77. The maximum Gasteiger partial charge on any atom is 0.114 e. The molecule has 2 heterocycles. The molecule has 0 amide bonds. The summed E-state index contributed by atoms with van der Waals surface area (Å²) in [6, 6.07) is 0. The van der Waals surface area contributed by atoms with Gasteiger partial charge in [0.15, 0.2) is 0 Å². The van der Waals surface area contributed by atoms with Crippen molar-refractivity contribution in [2.45, 2.75) is 33.8 Å². The maximum absolute atomic E-state index is 5.77. The lowest BCUT2D eigenvalue weighted by Gasteiger charge is -2.17. The lowest BCUT2D eigenvalue weighted by atomic mass is 9.98. The number of aryl methyl sites for hydroxylation is 4. The molecular formula is C14H22N4O. The summed E-state index contributed by atoms with van der Waals surface area (Å²) in [6.45, 7) is 8.19. The summed E-state index contributed by atoms with van der Waals surface area (Å²) in [6.07, 6.45) is -0.109. The molecule has 0 radical (unpaired) electrons. The van der Waals surface area contributed by atoms with E-state index in [9.17, 15) is 0 Å². The zero-order valence-corrected chi connectivity index (χ0v) is 12.8. The zero-order chi connectivity index (χ0) is 14.3. The molecule has 5 heteroatoms. The number of hydrogen-bond donors (Lipinski definition) is 0. The summed E-state index contributed by atoms with van der Waals surface area (Å²) in [5.74, 6) is 0. The summed E-state index contributed by atoms with van der Waals surface area (Å²) in [7, 11) is 5.66. The lowest BCUT2D eigenvalue weighted by molar-refractivity contribution is 0.134. The van der Waals surface area contributed by atoms with Gasteiger partial charge in [-0.3, -0.25) is 9.36 Å². The first-order chi connectivity index (χ1) is 8.88. The molecule has 2 rings (SSSR count). The number of aromatic nitrogens is 4. The average Bonchev–Trinajstić information content (AvgIpc) is 2.73. The van der Waals surface area contributed by atoms with Crippen molar-refractivity contribution in [3.05, 3.63) is 33.9 Å². The van der Waals surface area contributed by atoms with E-state index in [1.165, 1.54) is 0 Å². The van der Waals surface area contributed by atoms with Gasteiger partial charge >= 0.3 is 0 Å². The van der Waals surface area contributed by atoms with Gasteiger partial charge in [-0.15, -0.1) is 0 Å². The van der Waals surface area contributed by atoms with E-state index in [-0.39, 0.29) is 6.10 Å². The number of methoxy groups -OCH3 is 1. The van der Waals surface area contributed by atoms with Crippen molar-refractivity contribution < 1.29 is 4.74 Å². The number of hydrogen-bond acceptors (Lipinski definition) is 3. The van der Waals surface area contributed by atoms with Crippen LogP contribution in [0.4, 0.5) is 0 Å². The van der Waals surface area contributed by atoms with Crippen LogP contribution in [0.1, 0.15) is 40.0 Å². The Hall–Kier alpha value is -1.62. The molecule has 0 aliphatic rings. The molecule has 0 N–H and O–H groups in total. The molecule has 104 valence electrons. The van der Waals surface area contributed by atoms with Crippen LogP contribution in [0.15, 0.2) is 0 Å². The Balaban J connectivity index is 2.63. The molecule has 2 aromatic heterocycles. The van der Waals surface area contributed by atoms with Gasteiger partial charge in [-0.25, -0.2) is 0 Å². The van der Waals surface area contributed by atoms with Gasteiger partial charge in [0, 0.05) is 43.7 Å². The van der Waals surface area contributed by atoms with E-state index in [2.05, 4.69) is 24.0 Å². The van der Waals surface area contributed by atoms with Crippen LogP contribution >= 0.6 is 0 Å². The van der Waals surface area contributed by atoms with Gasteiger partial charge in [0.2, 0.25) is 0 Å². The van der Waals surface area contributed by atoms with E-state index in [1.54, 1.807) is 7.11 Å². The van der Waals surface area contributed by atoms with Crippen LogP contribution in [0.25, 0.3) is 0 Å². The van der Waals surface area contributed by atoms with E-state index in [1.807, 2.05) is 37.3 Å². The summed E-state index contributed by atoms with van der Waals surface area (Å²) in [4.78, 5) is 0. The van der Waals surface area contributed by atoms with Gasteiger partial charge in [0.05, 0.1) is 11.4 Å². The van der Waals surface area contributed by atoms with Crippen LogP contribution in [-0.2, 0) is 18.8 Å². The summed E-state index contributed by atoms with van der Waals surface area (Å²) in [5, 5.41) is 8.96. The molecule has 0 fully saturated rings. The van der Waals surface area contributed by atoms with Gasteiger partial charge in [-0.1, -0.05) is 0 Å². The van der Waals surface area contributed by atoms with Gasteiger partial charge in [-0.2, -0.15) is 10.2 Å². The molecule has 0 atom stereocenters. The molecule has 5 nitrogen and oxygen atoms in total. The fourth-order valence-corrected chi connectivity index (χ4v) is 2.72. The number of rotatable bonds is 3. The largest absolute Gasteiger partial charge is 0.372 e. The quantitative estimate of drug-likeness (QED) is 0.851. The Bertz CT molecular complexity index is 557. The molecule has 0 unspecified atom stereocenters. The first kappa shape index (κ1) is 13.8. The van der Waals surface area contributed by atoms with Crippen LogP contribution in [0.5, 0.6) is 0 Å². The normalized spacial score (nSPS) is 11.6. The van der Waals surface area contributed by atoms with E-state index < -0.39 is 0 Å². The van der Waals surface area contributed by atoms with Gasteiger partial charge in [0.25, 0.3) is 0 Å². The van der Waals surface area contributed by atoms with E-state index in [0.29, 0.717) is 0 Å². The monoisotopic (exact) mass is 262 g/mol. The van der Waals surface area contributed by atoms with Gasteiger partial charge in [0.1, 0.15) is 6.10 Å². The molecule has 19 heavy (non-hydrogen) atoms. The third kappa shape index (κ3) is 2.08. The summed E-state index contributed by atoms with van der Waals surface area (Å²) < 4.78 is 9.57. The molecular weight excluding hydrogens is 240 g/mol. The fourth-order valence-electron chi connectivity index (χ4n) is 2.72. The zero-order valence-electron chi connectivity index (χ0n) is 12.8. The summed E-state index contributed by atoms with van der Waals surface area (Å²) >= 11 is 0. The highest BCUT2D eigenvalue weighted by molar-refractivity contribution is 5.39. The lowest BCUT2D eigenvalue weighted by Crippen LogP contribution is -2.09. The minimum absolute atomic E-state index is 0.109. The van der Waals surface area contributed by atoms with E-state index >= 15 is 0 Å². The molecule has 0 aliphatic heterocycles. The standard InChI is InChI=1S/C14H22N4O/c1-8-12(10(3)17(5)15-8)14(19-7)13-9(2)16-18(6)11(13)4/h14H,1-7H3. The molecule has 0 saturated carbocycles. The minimum atomic E-state index is -0.109. The Morgan fingerprint density at radius 3 is 1.42 bits per heavy atom. The highest BCUT2D eigenvalue weighted by atomic mass is 16.5. The molecule has 0 bridgehead atoms. The Morgan fingerprint density at radius 1 is 0.842 bits per heavy atom. The molecule has 2 aromatic rings. The van der Waals surface area contributed by atoms with Crippen LogP contribution in [0.2, 0.25) is 0 Å². The predicted octanol–water partition coefficient (Wildman–Crippen LogP) is 2.12. The molecule has 0 saturated heterocycles. The average molecular weight is 262 g/mol. The second-order valence-corrected chi connectivity index (χ2v) is 5.03. The Labute approximate surface area is 114 Å². The van der Waals surface area contributed by atoms with Crippen LogP contribution in [0, 0.1) is 27.7 Å². The van der Waals surface area contributed by atoms with Gasteiger partial charge in [-0.05, 0) is 27.7 Å². The predicted molar refractivity (Wildman–Crippen MR) is 74.2 cm³/mol. The van der Waals surface area contributed by atoms with Gasteiger partial charge < -0.3 is 4.74 Å². The van der Waals surface area contributed by atoms with Crippen molar-refractivity contribution in [1.29, 1.82) is 0 Å². The minimum Gasteiger partial charge on any atom is -0.372 e. The fraction of sp³-hybridized carbons (Fsp3) is 0.571. The second kappa shape index (κ2) is 4.81. The Kier molecular flexibility index (Phi) is 3.49. The Morgan fingerprint density at radius 2 is 1.21 bits per heavy atom. The van der Waals surface area contributed by atoms with Crippen molar-refractivity contribution in [2.75, 3.05) is 7.11 Å². The van der Waals surface area contributed by atoms with Crippen molar-refractivity contribution in [3.63, 3.8) is 0 Å². The first-order valence-corrected chi connectivity index (χ1v) is 6.41. The third-order valence-electron chi connectivity index (χ3n) is 3.89. The smallest absolute Gasteiger partial charge is 0.114 e. The second-order valence-electron chi connectivity index (χ2n) is 5.03. The SMILES string of the molecule is COC(c1c(C)nn(C)c1C)c1c(C)nn(C)c1C. The molecule has 0 aromatic carbocycles. The number of nitrogens with zero attached hydrogens (tertiary/aromatic N) is 4.